The Kier molecular flexibility index (Phi) is 3.59. The zero-order valence-corrected chi connectivity index (χ0v) is 12.1. The normalized spacial score (nSPS) is 18.9. The molecule has 1 saturated heterocycles. The lowest BCUT2D eigenvalue weighted by Gasteiger charge is -2.42. The van der Waals surface area contributed by atoms with Crippen LogP contribution >= 0.6 is 0 Å². The number of hydrogen-bond donors (Lipinski definition) is 1. The van der Waals surface area contributed by atoms with E-state index in [4.69, 9.17) is 5.11 Å². The quantitative estimate of drug-likeness (QED) is 0.821. The van der Waals surface area contributed by atoms with Crippen LogP contribution in [-0.2, 0) is 14.8 Å². The van der Waals surface area contributed by atoms with Gasteiger partial charge in [-0.25, -0.2) is 12.7 Å². The monoisotopic (exact) mass is 293 g/mol. The first kappa shape index (κ1) is 14.6. The van der Waals surface area contributed by atoms with Crippen LogP contribution in [0.3, 0.4) is 0 Å². The van der Waals surface area contributed by atoms with E-state index >= 15 is 0 Å². The van der Waals surface area contributed by atoms with Crippen molar-refractivity contribution in [2.45, 2.75) is 25.0 Å². The summed E-state index contributed by atoms with van der Waals surface area (Å²) in [5.74, 6) is 5.11. The number of aliphatic hydroxyl groups excluding tert-OH is 1. The van der Waals surface area contributed by atoms with Gasteiger partial charge in [-0.2, -0.15) is 0 Å². The molecule has 0 aromatic heterocycles. The highest BCUT2D eigenvalue weighted by Crippen LogP contribution is 2.39. The average molecular weight is 293 g/mol. The van der Waals surface area contributed by atoms with Crippen molar-refractivity contribution in [1.82, 2.24) is 0 Å². The molecule has 0 aliphatic carbocycles. The van der Waals surface area contributed by atoms with E-state index in [1.807, 2.05) is 0 Å². The number of aliphatic hydroxyl groups is 1. The van der Waals surface area contributed by atoms with E-state index in [1.165, 1.54) is 13.8 Å². The smallest absolute Gasteiger partial charge is 0.263 e. The predicted octanol–water partition coefficient (Wildman–Crippen LogP) is 0.875. The molecule has 0 saturated carbocycles. The molecule has 1 N–H and O–H groups in total. The van der Waals surface area contributed by atoms with Crippen molar-refractivity contribution in [3.8, 4) is 11.8 Å². The van der Waals surface area contributed by atoms with Gasteiger partial charge in [0.05, 0.1) is 12.3 Å². The maximum absolute atomic E-state index is 12.1. The van der Waals surface area contributed by atoms with Crippen molar-refractivity contribution in [3.05, 3.63) is 29.8 Å². The largest absolute Gasteiger partial charge is 0.395 e. The Hall–Kier alpha value is -1.84. The fraction of sp³-hybridized carbons (Fsp3) is 0.357. The number of nitrogens with zero attached hydrogens (tertiary/aromatic N) is 1. The van der Waals surface area contributed by atoms with Gasteiger partial charge in [-0.05, 0) is 32.0 Å². The van der Waals surface area contributed by atoms with Crippen LogP contribution < -0.4 is 4.31 Å². The third-order valence-electron chi connectivity index (χ3n) is 3.13. The summed E-state index contributed by atoms with van der Waals surface area (Å²) in [6.45, 7) is 2.76. The molecular formula is C14H15NO4S. The molecule has 1 heterocycles. The Bertz CT molecular complexity index is 710. The molecule has 6 heteroatoms. The number of hydrogen-bond acceptors (Lipinski definition) is 4. The molecule has 0 radical (unpaired) electrons. The predicted molar refractivity (Wildman–Crippen MR) is 75.5 cm³/mol. The van der Waals surface area contributed by atoms with E-state index in [9.17, 15) is 13.2 Å². The van der Waals surface area contributed by atoms with Gasteiger partial charge in [-0.3, -0.25) is 4.79 Å². The lowest BCUT2D eigenvalue weighted by atomic mass is 10.1. The molecule has 1 aromatic carbocycles. The average Bonchev–Trinajstić information content (AvgIpc) is 2.39. The van der Waals surface area contributed by atoms with E-state index in [0.29, 0.717) is 17.7 Å². The molecule has 20 heavy (non-hydrogen) atoms. The third kappa shape index (κ3) is 2.09. The molecule has 5 nitrogen and oxygen atoms in total. The van der Waals surface area contributed by atoms with Gasteiger partial charge in [0.25, 0.3) is 15.9 Å². The summed E-state index contributed by atoms with van der Waals surface area (Å²) >= 11 is 0. The Morgan fingerprint density at radius 3 is 2.65 bits per heavy atom. The highest BCUT2D eigenvalue weighted by atomic mass is 32.2. The molecule has 1 aliphatic rings. The molecule has 1 aliphatic heterocycles. The van der Waals surface area contributed by atoms with E-state index < -0.39 is 20.7 Å². The highest BCUT2D eigenvalue weighted by molar-refractivity contribution is 7.98. The number of anilines is 1. The molecule has 0 spiro atoms. The second-order valence-corrected chi connectivity index (χ2v) is 7.25. The SMILES string of the molecule is CC1(C)C(=O)N(c2cccc(C#CCCO)c2)S1(=O)=O. The second-order valence-electron chi connectivity index (χ2n) is 4.91. The van der Waals surface area contributed by atoms with Gasteiger partial charge in [-0.1, -0.05) is 17.9 Å². The maximum atomic E-state index is 12.1. The number of carbonyl (C=O) groups is 1. The van der Waals surface area contributed by atoms with Crippen LogP contribution in [0.2, 0.25) is 0 Å². The number of amides is 1. The van der Waals surface area contributed by atoms with Gasteiger partial charge in [0.15, 0.2) is 4.75 Å². The highest BCUT2D eigenvalue weighted by Gasteiger charge is 2.60. The summed E-state index contributed by atoms with van der Waals surface area (Å²) < 4.78 is 23.6. The molecule has 1 aromatic rings. The fourth-order valence-corrected chi connectivity index (χ4v) is 3.31. The fourth-order valence-electron chi connectivity index (χ4n) is 1.84. The van der Waals surface area contributed by atoms with Gasteiger partial charge in [0.2, 0.25) is 0 Å². The standard InChI is InChI=1S/C14H15NO4S/c1-14(2)13(17)15(20(14,18)19)12-8-5-7-11(10-12)6-3-4-9-16/h5,7-8,10,16H,4,9H2,1-2H3. The Balaban J connectivity index is 2.35. The second kappa shape index (κ2) is 4.93. The van der Waals surface area contributed by atoms with E-state index in [0.717, 1.165) is 4.31 Å². The first-order valence-corrected chi connectivity index (χ1v) is 7.55. The summed E-state index contributed by atoms with van der Waals surface area (Å²) in [5.41, 5.74) is 0.897. The molecule has 1 fully saturated rings. The van der Waals surface area contributed by atoms with Crippen LogP contribution in [0.5, 0.6) is 0 Å². The van der Waals surface area contributed by atoms with Crippen molar-refractivity contribution in [1.29, 1.82) is 0 Å². The Labute approximate surface area is 118 Å². The van der Waals surface area contributed by atoms with E-state index in [-0.39, 0.29) is 6.61 Å². The zero-order valence-electron chi connectivity index (χ0n) is 11.3. The van der Waals surface area contributed by atoms with E-state index in [2.05, 4.69) is 11.8 Å². The lowest BCUT2D eigenvalue weighted by Crippen LogP contribution is -2.67. The van der Waals surface area contributed by atoms with Crippen molar-refractivity contribution in [3.63, 3.8) is 0 Å². The third-order valence-corrected chi connectivity index (χ3v) is 5.46. The minimum Gasteiger partial charge on any atom is -0.395 e. The van der Waals surface area contributed by atoms with Crippen LogP contribution in [0.15, 0.2) is 24.3 Å². The summed E-state index contributed by atoms with van der Waals surface area (Å²) in [6, 6.07) is 6.47. The van der Waals surface area contributed by atoms with Crippen molar-refractivity contribution in [2.75, 3.05) is 10.9 Å². The Morgan fingerprint density at radius 2 is 2.05 bits per heavy atom. The molecular weight excluding hydrogens is 278 g/mol. The van der Waals surface area contributed by atoms with Crippen molar-refractivity contribution < 1.29 is 18.3 Å². The molecule has 0 unspecified atom stereocenters. The summed E-state index contributed by atoms with van der Waals surface area (Å²) in [4.78, 5) is 11.9. The Morgan fingerprint density at radius 1 is 1.35 bits per heavy atom. The zero-order chi connectivity index (χ0) is 15.0. The number of benzene rings is 1. The first-order chi connectivity index (χ1) is 9.32. The summed E-state index contributed by atoms with van der Waals surface area (Å²) in [6.07, 6.45) is 0.345. The maximum Gasteiger partial charge on any atom is 0.263 e. The number of rotatable bonds is 2. The van der Waals surface area contributed by atoms with Crippen molar-refractivity contribution >= 4 is 21.6 Å². The van der Waals surface area contributed by atoms with Crippen LogP contribution in [0, 0.1) is 11.8 Å². The number of carbonyl (C=O) groups excluding carboxylic acids is 1. The van der Waals surface area contributed by atoms with Crippen LogP contribution in [0.1, 0.15) is 25.8 Å². The lowest BCUT2D eigenvalue weighted by molar-refractivity contribution is -0.120. The summed E-state index contributed by atoms with van der Waals surface area (Å²) in [5, 5.41) is 8.66. The van der Waals surface area contributed by atoms with Gasteiger partial charge < -0.3 is 5.11 Å². The molecule has 0 atom stereocenters. The van der Waals surface area contributed by atoms with Crippen LogP contribution in [0.4, 0.5) is 5.69 Å². The topological polar surface area (TPSA) is 74.7 Å². The van der Waals surface area contributed by atoms with Crippen LogP contribution in [0.25, 0.3) is 0 Å². The van der Waals surface area contributed by atoms with Crippen LogP contribution in [-0.4, -0.2) is 30.8 Å². The van der Waals surface area contributed by atoms with Crippen molar-refractivity contribution in [2.24, 2.45) is 0 Å². The number of sulfonamides is 1. The van der Waals surface area contributed by atoms with E-state index in [1.54, 1.807) is 24.3 Å². The molecule has 106 valence electrons. The van der Waals surface area contributed by atoms with Gasteiger partial charge >= 0.3 is 0 Å². The summed E-state index contributed by atoms with van der Waals surface area (Å²) in [7, 11) is -3.65. The van der Waals surface area contributed by atoms with Gasteiger partial charge in [0.1, 0.15) is 0 Å². The first-order valence-electron chi connectivity index (χ1n) is 6.11. The minimum absolute atomic E-state index is 0.0279. The molecule has 1 amide bonds. The molecule has 2 rings (SSSR count). The van der Waals surface area contributed by atoms with Gasteiger partial charge in [-0.15, -0.1) is 0 Å². The van der Waals surface area contributed by atoms with Gasteiger partial charge in [0, 0.05) is 12.0 Å². The minimum atomic E-state index is -3.65. The molecule has 0 bridgehead atoms.